The molecule has 1 aromatic heterocycles. The Morgan fingerprint density at radius 2 is 2.17 bits per heavy atom. The number of anilines is 1. The number of benzene rings is 1. The highest BCUT2D eigenvalue weighted by molar-refractivity contribution is 9.10. The molecule has 0 saturated carbocycles. The third-order valence-electron chi connectivity index (χ3n) is 2.87. The Balaban J connectivity index is 2.28. The summed E-state index contributed by atoms with van der Waals surface area (Å²) in [5.74, 6) is 0. The topological polar surface area (TPSA) is 29.3 Å². The maximum Gasteiger partial charge on any atom is 0.0519 e. The number of nitrogens with zero attached hydrogens (tertiary/aromatic N) is 1. The van der Waals surface area contributed by atoms with Crippen LogP contribution >= 0.6 is 27.3 Å². The lowest BCUT2D eigenvalue weighted by Crippen LogP contribution is -2.19. The van der Waals surface area contributed by atoms with E-state index in [1.807, 2.05) is 13.0 Å². The molecule has 18 heavy (non-hydrogen) atoms. The van der Waals surface area contributed by atoms with Crippen LogP contribution in [0.25, 0.3) is 0 Å². The first-order valence-electron chi connectivity index (χ1n) is 5.86. The molecule has 0 aliphatic carbocycles. The van der Waals surface area contributed by atoms with Gasteiger partial charge in [0.25, 0.3) is 0 Å². The van der Waals surface area contributed by atoms with Crippen molar-refractivity contribution in [3.8, 4) is 0 Å². The molecule has 0 amide bonds. The SMILES string of the molecule is CC(N)c1ccc(Br)cc1N(C)Cc1cccs1. The van der Waals surface area contributed by atoms with E-state index < -0.39 is 0 Å². The zero-order valence-corrected chi connectivity index (χ0v) is 13.0. The molecule has 1 aromatic carbocycles. The van der Waals surface area contributed by atoms with Crippen LogP contribution in [0.4, 0.5) is 5.69 Å². The molecule has 2 aromatic rings. The molecule has 0 spiro atoms. The summed E-state index contributed by atoms with van der Waals surface area (Å²) in [6, 6.07) is 10.5. The number of halogens is 1. The Kier molecular flexibility index (Phi) is 4.43. The van der Waals surface area contributed by atoms with Crippen LogP contribution in [0.1, 0.15) is 23.4 Å². The quantitative estimate of drug-likeness (QED) is 0.914. The largest absolute Gasteiger partial charge is 0.369 e. The van der Waals surface area contributed by atoms with E-state index in [0.29, 0.717) is 0 Å². The molecule has 1 atom stereocenters. The summed E-state index contributed by atoms with van der Waals surface area (Å²) in [5, 5.41) is 2.11. The van der Waals surface area contributed by atoms with Crippen LogP contribution in [0, 0.1) is 0 Å². The van der Waals surface area contributed by atoms with Crippen LogP contribution < -0.4 is 10.6 Å². The zero-order valence-electron chi connectivity index (χ0n) is 10.6. The summed E-state index contributed by atoms with van der Waals surface area (Å²) in [4.78, 5) is 3.60. The first kappa shape index (κ1) is 13.6. The molecule has 96 valence electrons. The summed E-state index contributed by atoms with van der Waals surface area (Å²) in [6.45, 7) is 2.93. The molecule has 1 unspecified atom stereocenters. The average molecular weight is 325 g/mol. The van der Waals surface area contributed by atoms with Gasteiger partial charge in [-0.2, -0.15) is 0 Å². The Morgan fingerprint density at radius 3 is 2.78 bits per heavy atom. The van der Waals surface area contributed by atoms with Gasteiger partial charge in [-0.25, -0.2) is 0 Å². The summed E-state index contributed by atoms with van der Waals surface area (Å²) in [7, 11) is 2.10. The van der Waals surface area contributed by atoms with Crippen molar-refractivity contribution in [1.29, 1.82) is 0 Å². The number of nitrogens with two attached hydrogens (primary N) is 1. The Labute approximate surface area is 121 Å². The van der Waals surface area contributed by atoms with Gasteiger partial charge in [-0.15, -0.1) is 11.3 Å². The maximum absolute atomic E-state index is 6.04. The average Bonchev–Trinajstić information content (AvgIpc) is 2.81. The Hall–Kier alpha value is -0.840. The van der Waals surface area contributed by atoms with E-state index in [0.717, 1.165) is 11.0 Å². The highest BCUT2D eigenvalue weighted by atomic mass is 79.9. The van der Waals surface area contributed by atoms with Crippen LogP contribution in [-0.4, -0.2) is 7.05 Å². The van der Waals surface area contributed by atoms with Gasteiger partial charge in [0.15, 0.2) is 0 Å². The lowest BCUT2D eigenvalue weighted by Gasteiger charge is -2.24. The minimum Gasteiger partial charge on any atom is -0.369 e. The normalized spacial score (nSPS) is 12.4. The number of rotatable bonds is 4. The van der Waals surface area contributed by atoms with E-state index in [1.165, 1.54) is 16.1 Å². The van der Waals surface area contributed by atoms with E-state index in [1.54, 1.807) is 11.3 Å². The predicted molar refractivity (Wildman–Crippen MR) is 83.2 cm³/mol. The van der Waals surface area contributed by atoms with E-state index in [-0.39, 0.29) is 6.04 Å². The molecule has 4 heteroatoms. The van der Waals surface area contributed by atoms with E-state index in [2.05, 4.69) is 57.5 Å². The predicted octanol–water partition coefficient (Wildman–Crippen LogP) is 4.17. The standard InChI is InChI=1S/C14H17BrN2S/c1-10(16)13-6-5-11(15)8-14(13)17(2)9-12-4-3-7-18-12/h3-8,10H,9,16H2,1-2H3. The minimum atomic E-state index is 0.0406. The smallest absolute Gasteiger partial charge is 0.0519 e. The third kappa shape index (κ3) is 3.13. The van der Waals surface area contributed by atoms with Crippen LogP contribution in [0.15, 0.2) is 40.2 Å². The van der Waals surface area contributed by atoms with E-state index in [9.17, 15) is 0 Å². The first-order valence-corrected chi connectivity index (χ1v) is 7.53. The number of thiophene rings is 1. The molecular weight excluding hydrogens is 308 g/mol. The van der Waals surface area contributed by atoms with Crippen LogP contribution in [0.5, 0.6) is 0 Å². The van der Waals surface area contributed by atoms with Crippen molar-refractivity contribution in [1.82, 2.24) is 0 Å². The summed E-state index contributed by atoms with van der Waals surface area (Å²) < 4.78 is 1.08. The van der Waals surface area contributed by atoms with Gasteiger partial charge in [0.2, 0.25) is 0 Å². The van der Waals surface area contributed by atoms with Crippen LogP contribution in [0.2, 0.25) is 0 Å². The zero-order chi connectivity index (χ0) is 13.1. The fourth-order valence-corrected chi connectivity index (χ4v) is 3.06. The molecule has 0 bridgehead atoms. The molecule has 0 radical (unpaired) electrons. The highest BCUT2D eigenvalue weighted by Gasteiger charge is 2.12. The van der Waals surface area contributed by atoms with Crippen molar-refractivity contribution in [2.45, 2.75) is 19.5 Å². The van der Waals surface area contributed by atoms with Crippen LogP contribution in [-0.2, 0) is 6.54 Å². The van der Waals surface area contributed by atoms with Gasteiger partial charge in [0.05, 0.1) is 6.54 Å². The van der Waals surface area contributed by atoms with Crippen molar-refractivity contribution in [2.24, 2.45) is 5.73 Å². The molecule has 2 nitrogen and oxygen atoms in total. The van der Waals surface area contributed by atoms with Crippen molar-refractivity contribution >= 4 is 33.0 Å². The highest BCUT2D eigenvalue weighted by Crippen LogP contribution is 2.29. The second-order valence-corrected chi connectivity index (χ2v) is 6.38. The molecule has 2 N–H and O–H groups in total. The Morgan fingerprint density at radius 1 is 1.39 bits per heavy atom. The van der Waals surface area contributed by atoms with Crippen LogP contribution in [0.3, 0.4) is 0 Å². The van der Waals surface area contributed by atoms with Gasteiger partial charge >= 0.3 is 0 Å². The summed E-state index contributed by atoms with van der Waals surface area (Å²) >= 11 is 5.31. The lowest BCUT2D eigenvalue weighted by molar-refractivity contribution is 0.802. The fraction of sp³-hybridized carbons (Fsp3) is 0.286. The van der Waals surface area contributed by atoms with Crippen molar-refractivity contribution in [3.05, 3.63) is 50.6 Å². The fourth-order valence-electron chi connectivity index (χ4n) is 1.95. The molecule has 0 fully saturated rings. The van der Waals surface area contributed by atoms with Gasteiger partial charge in [-0.1, -0.05) is 28.1 Å². The van der Waals surface area contributed by atoms with Gasteiger partial charge in [-0.3, -0.25) is 0 Å². The van der Waals surface area contributed by atoms with Gasteiger partial charge in [0, 0.05) is 28.1 Å². The maximum atomic E-state index is 6.04. The molecule has 0 aliphatic rings. The van der Waals surface area contributed by atoms with E-state index in [4.69, 9.17) is 5.73 Å². The van der Waals surface area contributed by atoms with Crippen molar-refractivity contribution in [2.75, 3.05) is 11.9 Å². The molecule has 1 heterocycles. The van der Waals surface area contributed by atoms with Gasteiger partial charge in [0.1, 0.15) is 0 Å². The Bertz CT molecular complexity index is 509. The summed E-state index contributed by atoms with van der Waals surface area (Å²) in [5.41, 5.74) is 8.40. The third-order valence-corrected chi connectivity index (χ3v) is 4.22. The van der Waals surface area contributed by atoms with Gasteiger partial charge in [-0.05, 0) is 36.1 Å². The van der Waals surface area contributed by atoms with Gasteiger partial charge < -0.3 is 10.6 Å². The lowest BCUT2D eigenvalue weighted by atomic mass is 10.1. The van der Waals surface area contributed by atoms with E-state index >= 15 is 0 Å². The second-order valence-electron chi connectivity index (χ2n) is 4.43. The molecule has 2 rings (SSSR count). The molecule has 0 saturated heterocycles. The minimum absolute atomic E-state index is 0.0406. The first-order chi connectivity index (χ1) is 8.58. The monoisotopic (exact) mass is 324 g/mol. The number of hydrogen-bond donors (Lipinski definition) is 1. The summed E-state index contributed by atoms with van der Waals surface area (Å²) in [6.07, 6.45) is 0. The molecule has 0 aliphatic heterocycles. The van der Waals surface area contributed by atoms with Crippen molar-refractivity contribution in [3.63, 3.8) is 0 Å². The molecular formula is C14H17BrN2S. The second kappa shape index (κ2) is 5.87. The number of hydrogen-bond acceptors (Lipinski definition) is 3. The van der Waals surface area contributed by atoms with Crippen molar-refractivity contribution < 1.29 is 0 Å².